The largest absolute Gasteiger partial charge is 0.344 e. The predicted molar refractivity (Wildman–Crippen MR) is 60.7 cm³/mol. The fourth-order valence-corrected chi connectivity index (χ4v) is 2.75. The molecule has 0 bridgehead atoms. The summed E-state index contributed by atoms with van der Waals surface area (Å²) in [4.78, 5) is 13.2. The average molecular weight is 210 g/mol. The Morgan fingerprint density at radius 2 is 1.80 bits per heavy atom. The van der Waals surface area contributed by atoms with Gasteiger partial charge in [-0.2, -0.15) is 0 Å². The Bertz CT molecular complexity index is 222. The summed E-state index contributed by atoms with van der Waals surface area (Å²) < 4.78 is 0. The molecule has 3 nitrogen and oxygen atoms in total. The van der Waals surface area contributed by atoms with Crippen molar-refractivity contribution in [2.24, 2.45) is 0 Å². The van der Waals surface area contributed by atoms with Gasteiger partial charge in [-0.25, -0.2) is 0 Å². The van der Waals surface area contributed by atoms with E-state index in [9.17, 15) is 4.79 Å². The summed E-state index contributed by atoms with van der Waals surface area (Å²) in [5.41, 5.74) is 0. The number of hydrogen-bond donors (Lipinski definition) is 1. The zero-order valence-corrected chi connectivity index (χ0v) is 9.67. The molecular formula is C12H22N2O. The molecule has 1 saturated heterocycles. The minimum Gasteiger partial charge on any atom is -0.344 e. The number of nitrogens with zero attached hydrogens (tertiary/aromatic N) is 1. The number of hydrogen-bond acceptors (Lipinski definition) is 2. The minimum absolute atomic E-state index is 0.293. The van der Waals surface area contributed by atoms with Gasteiger partial charge >= 0.3 is 0 Å². The van der Waals surface area contributed by atoms with Crippen LogP contribution in [0.15, 0.2) is 0 Å². The Labute approximate surface area is 92.2 Å². The highest BCUT2D eigenvalue weighted by Crippen LogP contribution is 2.19. The molecule has 0 aromatic heterocycles. The van der Waals surface area contributed by atoms with E-state index in [1.165, 1.54) is 38.5 Å². The first-order valence-corrected chi connectivity index (χ1v) is 6.26. The monoisotopic (exact) mass is 210 g/mol. The molecular weight excluding hydrogens is 188 g/mol. The number of likely N-dealkylation sites (N-methyl/N-ethyl adjacent to an activating group) is 1. The number of nitrogens with one attached hydrogen (secondary N) is 1. The number of amides is 1. The number of carbonyl (C=O) groups is 1. The molecule has 1 N–H and O–H groups in total. The normalized spacial score (nSPS) is 29.5. The zero-order valence-electron chi connectivity index (χ0n) is 9.67. The number of carbonyl (C=O) groups excluding carboxylic acids is 1. The van der Waals surface area contributed by atoms with Gasteiger partial charge in [-0.15, -0.1) is 0 Å². The standard InChI is InChI=1S/C12H22N2O/c1-14-9-11(8-12(14)15)13-10-6-4-2-3-5-7-10/h10-11,13H,2-9H2,1H3. The van der Waals surface area contributed by atoms with Gasteiger partial charge in [0.2, 0.25) is 5.91 Å². The van der Waals surface area contributed by atoms with Crippen LogP contribution in [-0.4, -0.2) is 36.5 Å². The van der Waals surface area contributed by atoms with Crippen molar-refractivity contribution in [3.05, 3.63) is 0 Å². The Balaban J connectivity index is 1.78. The highest BCUT2D eigenvalue weighted by Gasteiger charge is 2.28. The third kappa shape index (κ3) is 2.94. The van der Waals surface area contributed by atoms with Gasteiger partial charge in [0.05, 0.1) is 0 Å². The molecule has 1 saturated carbocycles. The number of rotatable bonds is 2. The van der Waals surface area contributed by atoms with Crippen molar-refractivity contribution in [1.29, 1.82) is 0 Å². The van der Waals surface area contributed by atoms with Gasteiger partial charge in [0, 0.05) is 32.1 Å². The van der Waals surface area contributed by atoms with Crippen molar-refractivity contribution < 1.29 is 4.79 Å². The van der Waals surface area contributed by atoms with Crippen LogP contribution in [0.3, 0.4) is 0 Å². The van der Waals surface area contributed by atoms with E-state index >= 15 is 0 Å². The molecule has 1 atom stereocenters. The van der Waals surface area contributed by atoms with E-state index in [-0.39, 0.29) is 0 Å². The predicted octanol–water partition coefficient (Wildman–Crippen LogP) is 1.53. The lowest BCUT2D eigenvalue weighted by Gasteiger charge is -2.20. The lowest BCUT2D eigenvalue weighted by molar-refractivity contribution is -0.126. The third-order valence-corrected chi connectivity index (χ3v) is 3.67. The summed E-state index contributed by atoms with van der Waals surface area (Å²) in [6.07, 6.45) is 8.79. The molecule has 1 amide bonds. The maximum atomic E-state index is 11.4. The highest BCUT2D eigenvalue weighted by molar-refractivity contribution is 5.78. The van der Waals surface area contributed by atoms with Gasteiger partial charge in [-0.1, -0.05) is 25.7 Å². The molecule has 0 aromatic carbocycles. The van der Waals surface area contributed by atoms with Gasteiger partial charge in [0.25, 0.3) is 0 Å². The van der Waals surface area contributed by atoms with E-state index in [2.05, 4.69) is 5.32 Å². The first-order valence-electron chi connectivity index (χ1n) is 6.26. The molecule has 2 aliphatic rings. The highest BCUT2D eigenvalue weighted by atomic mass is 16.2. The molecule has 2 fully saturated rings. The van der Waals surface area contributed by atoms with E-state index in [1.807, 2.05) is 11.9 Å². The molecule has 0 aromatic rings. The fraction of sp³-hybridized carbons (Fsp3) is 0.917. The summed E-state index contributed by atoms with van der Waals surface area (Å²) in [5.74, 6) is 0.293. The van der Waals surface area contributed by atoms with Crippen molar-refractivity contribution in [2.75, 3.05) is 13.6 Å². The van der Waals surface area contributed by atoms with Crippen LogP contribution >= 0.6 is 0 Å². The van der Waals surface area contributed by atoms with Crippen molar-refractivity contribution in [2.45, 2.75) is 57.0 Å². The van der Waals surface area contributed by atoms with Crippen LogP contribution in [0.25, 0.3) is 0 Å². The fourth-order valence-electron chi connectivity index (χ4n) is 2.75. The van der Waals surface area contributed by atoms with Gasteiger partial charge in [-0.05, 0) is 12.8 Å². The maximum Gasteiger partial charge on any atom is 0.224 e. The quantitative estimate of drug-likeness (QED) is 0.701. The minimum atomic E-state index is 0.293. The van der Waals surface area contributed by atoms with E-state index < -0.39 is 0 Å². The summed E-state index contributed by atoms with van der Waals surface area (Å²) in [5, 5.41) is 3.66. The van der Waals surface area contributed by atoms with Crippen molar-refractivity contribution in [3.63, 3.8) is 0 Å². The number of likely N-dealkylation sites (tertiary alicyclic amines) is 1. The smallest absolute Gasteiger partial charge is 0.224 e. The van der Waals surface area contributed by atoms with Gasteiger partial charge < -0.3 is 10.2 Å². The molecule has 1 heterocycles. The second kappa shape index (κ2) is 4.97. The Morgan fingerprint density at radius 3 is 2.33 bits per heavy atom. The second-order valence-corrected chi connectivity index (χ2v) is 5.03. The molecule has 3 heteroatoms. The van der Waals surface area contributed by atoms with Crippen LogP contribution in [0.4, 0.5) is 0 Å². The summed E-state index contributed by atoms with van der Waals surface area (Å²) in [6, 6.07) is 1.07. The lowest BCUT2D eigenvalue weighted by atomic mass is 10.1. The van der Waals surface area contributed by atoms with E-state index in [0.717, 1.165) is 6.54 Å². The van der Waals surface area contributed by atoms with Crippen LogP contribution < -0.4 is 5.32 Å². The second-order valence-electron chi connectivity index (χ2n) is 5.03. The molecule has 1 unspecified atom stereocenters. The first kappa shape index (κ1) is 10.9. The molecule has 2 rings (SSSR count). The van der Waals surface area contributed by atoms with Crippen LogP contribution in [0.2, 0.25) is 0 Å². The van der Waals surface area contributed by atoms with Crippen molar-refractivity contribution >= 4 is 5.91 Å². The molecule has 0 spiro atoms. The van der Waals surface area contributed by atoms with E-state index in [4.69, 9.17) is 0 Å². The Hall–Kier alpha value is -0.570. The molecule has 86 valence electrons. The lowest BCUT2D eigenvalue weighted by Crippen LogP contribution is -2.39. The Morgan fingerprint density at radius 1 is 1.13 bits per heavy atom. The summed E-state index contributed by atoms with van der Waals surface area (Å²) >= 11 is 0. The topological polar surface area (TPSA) is 32.3 Å². The van der Waals surface area contributed by atoms with Crippen molar-refractivity contribution in [1.82, 2.24) is 10.2 Å². The van der Waals surface area contributed by atoms with Crippen LogP contribution in [0.5, 0.6) is 0 Å². The van der Waals surface area contributed by atoms with Gasteiger partial charge in [0.1, 0.15) is 0 Å². The summed E-state index contributed by atoms with van der Waals surface area (Å²) in [6.45, 7) is 0.898. The summed E-state index contributed by atoms with van der Waals surface area (Å²) in [7, 11) is 1.90. The SMILES string of the molecule is CN1CC(NC2CCCCCC2)CC1=O. The van der Waals surface area contributed by atoms with E-state index in [0.29, 0.717) is 24.4 Å². The van der Waals surface area contributed by atoms with Gasteiger partial charge in [0.15, 0.2) is 0 Å². The van der Waals surface area contributed by atoms with Crippen molar-refractivity contribution in [3.8, 4) is 0 Å². The molecule has 15 heavy (non-hydrogen) atoms. The van der Waals surface area contributed by atoms with E-state index in [1.54, 1.807) is 0 Å². The molecule has 0 radical (unpaired) electrons. The molecule has 1 aliphatic heterocycles. The van der Waals surface area contributed by atoms with Crippen LogP contribution in [-0.2, 0) is 4.79 Å². The first-order chi connectivity index (χ1) is 7.25. The molecule has 1 aliphatic carbocycles. The Kier molecular flexibility index (Phi) is 3.62. The average Bonchev–Trinajstić information content (AvgIpc) is 2.45. The van der Waals surface area contributed by atoms with Crippen LogP contribution in [0.1, 0.15) is 44.9 Å². The zero-order chi connectivity index (χ0) is 10.7. The van der Waals surface area contributed by atoms with Crippen LogP contribution in [0, 0.1) is 0 Å². The maximum absolute atomic E-state index is 11.4. The van der Waals surface area contributed by atoms with Gasteiger partial charge in [-0.3, -0.25) is 4.79 Å². The third-order valence-electron chi connectivity index (χ3n) is 3.67.